The van der Waals surface area contributed by atoms with Gasteiger partial charge in [-0.05, 0) is 25.5 Å². The zero-order valence-electron chi connectivity index (χ0n) is 8.20. The number of aryl methyl sites for hydroxylation is 1. The van der Waals surface area contributed by atoms with Crippen molar-refractivity contribution in [2.24, 2.45) is 0 Å². The molecular weight excluding hydrogens is 218 g/mol. The van der Waals surface area contributed by atoms with Gasteiger partial charge in [0.25, 0.3) is 5.69 Å². The molecule has 0 aromatic heterocycles. The van der Waals surface area contributed by atoms with E-state index in [1.54, 1.807) is 0 Å². The van der Waals surface area contributed by atoms with Crippen LogP contribution < -0.4 is 0 Å². The first-order chi connectivity index (χ1) is 7.00. The van der Waals surface area contributed by atoms with Crippen LogP contribution in [0.4, 0.5) is 5.69 Å². The number of hydrogen-bond acceptors (Lipinski definition) is 3. The second-order valence-corrected chi connectivity index (χ2v) is 3.67. The van der Waals surface area contributed by atoms with E-state index in [-0.39, 0.29) is 11.5 Å². The Balaban J connectivity index is 2.96. The molecule has 15 heavy (non-hydrogen) atoms. The van der Waals surface area contributed by atoms with E-state index in [9.17, 15) is 14.9 Å². The van der Waals surface area contributed by atoms with Crippen LogP contribution in [0, 0.1) is 10.1 Å². The van der Waals surface area contributed by atoms with E-state index in [0.717, 1.165) is 0 Å². The zero-order valence-corrected chi connectivity index (χ0v) is 8.95. The molecule has 0 amide bonds. The summed E-state index contributed by atoms with van der Waals surface area (Å²) in [5.41, 5.74) is 0.517. The fraction of sp³-hybridized carbons (Fsp3) is 0.300. The van der Waals surface area contributed by atoms with Gasteiger partial charge in [0.05, 0.1) is 4.92 Å². The summed E-state index contributed by atoms with van der Waals surface area (Å²) in [7, 11) is 0. The van der Waals surface area contributed by atoms with Crippen LogP contribution in [-0.4, -0.2) is 10.7 Å². The predicted octanol–water partition coefficient (Wildman–Crippen LogP) is 2.77. The largest absolute Gasteiger partial charge is 0.300 e. The zero-order chi connectivity index (χ0) is 11.4. The first kappa shape index (κ1) is 11.7. The number of hydrogen-bond donors (Lipinski definition) is 0. The van der Waals surface area contributed by atoms with Crippen LogP contribution in [0.25, 0.3) is 0 Å². The van der Waals surface area contributed by atoms with Gasteiger partial charge in [-0.25, -0.2) is 0 Å². The van der Waals surface area contributed by atoms with E-state index in [2.05, 4.69) is 0 Å². The minimum Gasteiger partial charge on any atom is -0.300 e. The van der Waals surface area contributed by atoms with Gasteiger partial charge in [0.1, 0.15) is 5.78 Å². The highest BCUT2D eigenvalue weighted by Gasteiger charge is 2.13. The Kier molecular flexibility index (Phi) is 3.80. The molecule has 1 rings (SSSR count). The van der Waals surface area contributed by atoms with Gasteiger partial charge in [0.15, 0.2) is 0 Å². The molecule has 1 aromatic carbocycles. The highest BCUT2D eigenvalue weighted by atomic mass is 35.5. The standard InChI is InChI=1S/C10H10ClNO3/c1-7(13)2-3-8-6-9(11)4-5-10(8)12(14)15/h4-6H,2-3H2,1H3. The smallest absolute Gasteiger partial charge is 0.272 e. The first-order valence-corrected chi connectivity index (χ1v) is 4.80. The molecule has 0 aliphatic heterocycles. The SMILES string of the molecule is CC(=O)CCc1cc(Cl)ccc1[N+](=O)[O-]. The van der Waals surface area contributed by atoms with Crippen molar-refractivity contribution in [1.82, 2.24) is 0 Å². The van der Waals surface area contributed by atoms with Gasteiger partial charge in [0.2, 0.25) is 0 Å². The number of carbonyl (C=O) groups excluding carboxylic acids is 1. The molecule has 80 valence electrons. The molecule has 5 heteroatoms. The Labute approximate surface area is 92.0 Å². The Bertz CT molecular complexity index is 404. The van der Waals surface area contributed by atoms with E-state index < -0.39 is 4.92 Å². The van der Waals surface area contributed by atoms with Crippen molar-refractivity contribution in [3.8, 4) is 0 Å². The maximum absolute atomic E-state index is 10.8. The number of nitrogens with zero attached hydrogens (tertiary/aromatic N) is 1. The fourth-order valence-electron chi connectivity index (χ4n) is 1.24. The van der Waals surface area contributed by atoms with Crippen LogP contribution in [-0.2, 0) is 11.2 Å². The van der Waals surface area contributed by atoms with Gasteiger partial charge < -0.3 is 4.79 Å². The normalized spacial score (nSPS) is 10.0. The van der Waals surface area contributed by atoms with Crippen LogP contribution >= 0.6 is 11.6 Å². The lowest BCUT2D eigenvalue weighted by atomic mass is 10.1. The van der Waals surface area contributed by atoms with Crippen molar-refractivity contribution in [1.29, 1.82) is 0 Å². The average molecular weight is 228 g/mol. The third-order valence-corrected chi connectivity index (χ3v) is 2.22. The molecule has 0 aliphatic carbocycles. The molecule has 0 fully saturated rings. The molecule has 0 saturated carbocycles. The van der Waals surface area contributed by atoms with E-state index in [1.807, 2.05) is 0 Å². The third kappa shape index (κ3) is 3.32. The summed E-state index contributed by atoms with van der Waals surface area (Å²) >= 11 is 5.73. The minimum absolute atomic E-state index is 0.00396. The molecule has 4 nitrogen and oxygen atoms in total. The summed E-state index contributed by atoms with van der Waals surface area (Å²) in [5, 5.41) is 11.1. The number of nitro benzene ring substituents is 1. The molecule has 0 radical (unpaired) electrons. The van der Waals surface area contributed by atoms with Gasteiger partial charge in [-0.15, -0.1) is 0 Å². The Morgan fingerprint density at radius 1 is 1.53 bits per heavy atom. The molecule has 0 bridgehead atoms. The maximum Gasteiger partial charge on any atom is 0.272 e. The molecule has 0 saturated heterocycles. The van der Waals surface area contributed by atoms with E-state index in [0.29, 0.717) is 23.4 Å². The van der Waals surface area contributed by atoms with Crippen LogP contribution in [0.15, 0.2) is 18.2 Å². The second kappa shape index (κ2) is 4.89. The number of halogens is 1. The Morgan fingerprint density at radius 3 is 2.73 bits per heavy atom. The third-order valence-electron chi connectivity index (χ3n) is 1.98. The molecule has 0 N–H and O–H groups in total. The molecule has 1 aromatic rings. The lowest BCUT2D eigenvalue weighted by molar-refractivity contribution is -0.385. The van der Waals surface area contributed by atoms with Gasteiger partial charge in [-0.3, -0.25) is 10.1 Å². The lowest BCUT2D eigenvalue weighted by Gasteiger charge is -2.01. The second-order valence-electron chi connectivity index (χ2n) is 3.23. The lowest BCUT2D eigenvalue weighted by Crippen LogP contribution is -1.99. The minimum atomic E-state index is -0.466. The highest BCUT2D eigenvalue weighted by Crippen LogP contribution is 2.23. The average Bonchev–Trinajstić information content (AvgIpc) is 2.14. The van der Waals surface area contributed by atoms with E-state index >= 15 is 0 Å². The van der Waals surface area contributed by atoms with Crippen LogP contribution in [0.2, 0.25) is 5.02 Å². The van der Waals surface area contributed by atoms with E-state index in [1.165, 1.54) is 25.1 Å². The maximum atomic E-state index is 10.8. The van der Waals surface area contributed by atoms with E-state index in [4.69, 9.17) is 11.6 Å². The summed E-state index contributed by atoms with van der Waals surface area (Å²) in [6.45, 7) is 1.45. The van der Waals surface area contributed by atoms with Crippen LogP contribution in [0.3, 0.4) is 0 Å². The quantitative estimate of drug-likeness (QED) is 0.587. The highest BCUT2D eigenvalue weighted by molar-refractivity contribution is 6.30. The summed E-state index contributed by atoms with van der Waals surface area (Å²) in [6, 6.07) is 4.36. The van der Waals surface area contributed by atoms with Crippen molar-refractivity contribution >= 4 is 23.1 Å². The monoisotopic (exact) mass is 227 g/mol. The fourth-order valence-corrected chi connectivity index (χ4v) is 1.44. The molecule has 0 spiro atoms. The van der Waals surface area contributed by atoms with Crippen LogP contribution in [0.5, 0.6) is 0 Å². The van der Waals surface area contributed by atoms with Gasteiger partial charge in [-0.2, -0.15) is 0 Å². The molecule has 0 heterocycles. The number of Topliss-reactive ketones (excluding diaryl/α,β-unsaturated/α-hetero) is 1. The summed E-state index contributed by atoms with van der Waals surface area (Å²) in [4.78, 5) is 21.0. The number of ketones is 1. The summed E-state index contributed by atoms with van der Waals surface area (Å²) in [6.07, 6.45) is 0.646. The molecule has 0 unspecified atom stereocenters. The van der Waals surface area contributed by atoms with Crippen molar-refractivity contribution in [3.63, 3.8) is 0 Å². The van der Waals surface area contributed by atoms with Gasteiger partial charge in [-0.1, -0.05) is 11.6 Å². The Morgan fingerprint density at radius 2 is 2.20 bits per heavy atom. The Hall–Kier alpha value is -1.42. The molecule has 0 atom stereocenters. The summed E-state index contributed by atoms with van der Waals surface area (Å²) < 4.78 is 0. The van der Waals surface area contributed by atoms with Crippen LogP contribution in [0.1, 0.15) is 18.9 Å². The van der Waals surface area contributed by atoms with Crippen molar-refractivity contribution in [2.45, 2.75) is 19.8 Å². The van der Waals surface area contributed by atoms with Crippen molar-refractivity contribution in [2.75, 3.05) is 0 Å². The summed E-state index contributed by atoms with van der Waals surface area (Å²) in [5.74, 6) is 0.00396. The van der Waals surface area contributed by atoms with Crippen molar-refractivity contribution < 1.29 is 9.72 Å². The predicted molar refractivity (Wildman–Crippen MR) is 57.1 cm³/mol. The topological polar surface area (TPSA) is 60.2 Å². The number of rotatable bonds is 4. The van der Waals surface area contributed by atoms with Gasteiger partial charge in [0, 0.05) is 23.1 Å². The van der Waals surface area contributed by atoms with Gasteiger partial charge >= 0.3 is 0 Å². The number of carbonyl (C=O) groups is 1. The first-order valence-electron chi connectivity index (χ1n) is 4.43. The molecule has 0 aliphatic rings. The number of benzene rings is 1. The number of nitro groups is 1. The molecular formula is C10H10ClNO3. The van der Waals surface area contributed by atoms with Crippen molar-refractivity contribution in [3.05, 3.63) is 38.9 Å².